The van der Waals surface area contributed by atoms with E-state index >= 15 is 0 Å². The van der Waals surface area contributed by atoms with E-state index in [4.69, 9.17) is 0 Å². The summed E-state index contributed by atoms with van der Waals surface area (Å²) in [6.45, 7) is 2.32. The second kappa shape index (κ2) is 9.39. The first-order valence-electron chi connectivity index (χ1n) is 11.3. The lowest BCUT2D eigenvalue weighted by molar-refractivity contribution is -0.121. The molecule has 0 N–H and O–H groups in total. The predicted octanol–water partition coefficient (Wildman–Crippen LogP) is 6.94. The molecule has 3 rings (SSSR count). The molecule has 0 amide bonds. The van der Waals surface area contributed by atoms with E-state index in [2.05, 4.69) is 6.92 Å². The van der Waals surface area contributed by atoms with Crippen LogP contribution in [0.3, 0.4) is 0 Å². The van der Waals surface area contributed by atoms with Crippen molar-refractivity contribution in [1.82, 2.24) is 0 Å². The molecule has 3 aliphatic rings. The molecule has 0 aromatic carbocycles. The second-order valence-electron chi connectivity index (χ2n) is 9.33. The van der Waals surface area contributed by atoms with Crippen LogP contribution in [0.15, 0.2) is 0 Å². The molecule has 0 radical (unpaired) electrons. The molecule has 3 fully saturated rings. The first-order valence-corrected chi connectivity index (χ1v) is 11.3. The number of rotatable bonds is 6. The van der Waals surface area contributed by atoms with Crippen LogP contribution >= 0.6 is 0 Å². The Hall–Kier alpha value is -0.330. The molecule has 1 heteroatoms. The molecule has 0 bridgehead atoms. The molecule has 0 aromatic heterocycles. The average molecular weight is 333 g/mol. The summed E-state index contributed by atoms with van der Waals surface area (Å²) in [5, 5.41) is 0. The highest BCUT2D eigenvalue weighted by Crippen LogP contribution is 2.45. The number of carbonyl (C=O) groups excluding carboxylic acids is 1. The molecular formula is C23H40O. The van der Waals surface area contributed by atoms with Crippen LogP contribution in [0.2, 0.25) is 0 Å². The molecule has 3 saturated carbocycles. The molecule has 0 unspecified atom stereocenters. The molecule has 0 heterocycles. The van der Waals surface area contributed by atoms with Crippen molar-refractivity contribution in [3.05, 3.63) is 0 Å². The average Bonchev–Trinajstić information content (AvgIpc) is 2.63. The number of carbonyl (C=O) groups is 1. The maximum absolute atomic E-state index is 11.5. The summed E-state index contributed by atoms with van der Waals surface area (Å²) in [4.78, 5) is 11.5. The monoisotopic (exact) mass is 332 g/mol. The Balaban J connectivity index is 1.34. The fourth-order valence-corrected chi connectivity index (χ4v) is 6.15. The molecular weight excluding hydrogens is 292 g/mol. The van der Waals surface area contributed by atoms with Gasteiger partial charge in [0.05, 0.1) is 0 Å². The zero-order valence-electron chi connectivity index (χ0n) is 16.1. The third-order valence-electron chi connectivity index (χ3n) is 7.85. The summed E-state index contributed by atoms with van der Waals surface area (Å²) >= 11 is 0. The van der Waals surface area contributed by atoms with Gasteiger partial charge in [-0.25, -0.2) is 0 Å². The number of Topliss-reactive ketones (excluding diaryl/α,β-unsaturated/α-hetero) is 1. The Kier molecular flexibility index (Phi) is 7.22. The van der Waals surface area contributed by atoms with Crippen LogP contribution in [-0.2, 0) is 4.79 Å². The van der Waals surface area contributed by atoms with Crippen molar-refractivity contribution in [1.29, 1.82) is 0 Å². The zero-order chi connectivity index (χ0) is 16.8. The molecule has 0 atom stereocenters. The Morgan fingerprint density at radius 3 is 1.62 bits per heavy atom. The number of hydrogen-bond acceptors (Lipinski definition) is 1. The van der Waals surface area contributed by atoms with E-state index in [-0.39, 0.29) is 0 Å². The van der Waals surface area contributed by atoms with Crippen LogP contribution < -0.4 is 0 Å². The van der Waals surface area contributed by atoms with Crippen molar-refractivity contribution in [2.45, 2.75) is 110 Å². The predicted molar refractivity (Wildman–Crippen MR) is 102 cm³/mol. The topological polar surface area (TPSA) is 17.1 Å². The van der Waals surface area contributed by atoms with E-state index in [1.807, 2.05) is 0 Å². The summed E-state index contributed by atoms with van der Waals surface area (Å²) < 4.78 is 0. The maximum Gasteiger partial charge on any atom is 0.132 e. The van der Waals surface area contributed by atoms with Gasteiger partial charge in [0.15, 0.2) is 0 Å². The third kappa shape index (κ3) is 5.09. The van der Waals surface area contributed by atoms with E-state index in [1.165, 1.54) is 89.9 Å². The van der Waals surface area contributed by atoms with Gasteiger partial charge in [0.2, 0.25) is 0 Å². The van der Waals surface area contributed by atoms with Crippen molar-refractivity contribution >= 4 is 5.78 Å². The van der Waals surface area contributed by atoms with Crippen molar-refractivity contribution in [2.75, 3.05) is 0 Å². The number of unbranched alkanes of at least 4 members (excludes halogenated alkanes) is 2. The fraction of sp³-hybridized carbons (Fsp3) is 0.957. The van der Waals surface area contributed by atoms with Gasteiger partial charge in [0.25, 0.3) is 0 Å². The van der Waals surface area contributed by atoms with Crippen molar-refractivity contribution in [3.8, 4) is 0 Å². The van der Waals surface area contributed by atoms with Gasteiger partial charge in [-0.2, -0.15) is 0 Å². The zero-order valence-corrected chi connectivity index (χ0v) is 16.1. The minimum absolute atomic E-state index is 0.524. The summed E-state index contributed by atoms with van der Waals surface area (Å²) in [6.07, 6.45) is 22.0. The van der Waals surface area contributed by atoms with E-state index in [0.717, 1.165) is 42.4 Å². The third-order valence-corrected chi connectivity index (χ3v) is 7.85. The van der Waals surface area contributed by atoms with Crippen LogP contribution in [0.25, 0.3) is 0 Å². The standard InChI is InChI=1S/C23H40O/c1-2-3-4-5-18-6-8-19(9-7-18)20-10-12-21(13-11-20)22-14-16-23(24)17-15-22/h18-22H,2-17H2,1H3/t18-,19-,20?,21?. The van der Waals surface area contributed by atoms with Crippen LogP contribution in [0.1, 0.15) is 110 Å². The maximum atomic E-state index is 11.5. The summed E-state index contributed by atoms with van der Waals surface area (Å²) in [6, 6.07) is 0. The van der Waals surface area contributed by atoms with Gasteiger partial charge >= 0.3 is 0 Å². The molecule has 3 aliphatic carbocycles. The van der Waals surface area contributed by atoms with Gasteiger partial charge in [-0.15, -0.1) is 0 Å². The summed E-state index contributed by atoms with van der Waals surface area (Å²) in [5.41, 5.74) is 0. The van der Waals surface area contributed by atoms with Crippen LogP contribution in [-0.4, -0.2) is 5.78 Å². The molecule has 0 aromatic rings. The van der Waals surface area contributed by atoms with Crippen molar-refractivity contribution < 1.29 is 4.79 Å². The summed E-state index contributed by atoms with van der Waals surface area (Å²) in [7, 11) is 0. The minimum Gasteiger partial charge on any atom is -0.300 e. The van der Waals surface area contributed by atoms with Gasteiger partial charge in [0.1, 0.15) is 5.78 Å². The van der Waals surface area contributed by atoms with E-state index in [0.29, 0.717) is 5.78 Å². The highest BCUT2D eigenvalue weighted by molar-refractivity contribution is 5.79. The molecule has 0 saturated heterocycles. The van der Waals surface area contributed by atoms with Gasteiger partial charge in [-0.05, 0) is 81.0 Å². The quantitative estimate of drug-likeness (QED) is 0.481. The van der Waals surface area contributed by atoms with Gasteiger partial charge in [-0.3, -0.25) is 4.79 Å². The van der Waals surface area contributed by atoms with Crippen LogP contribution in [0.4, 0.5) is 0 Å². The smallest absolute Gasteiger partial charge is 0.132 e. The largest absolute Gasteiger partial charge is 0.300 e. The molecule has 1 nitrogen and oxygen atoms in total. The SMILES string of the molecule is CCCCC[C@H]1CC[C@H](C2CCC(C3CCC(=O)CC3)CC2)CC1. The molecule has 138 valence electrons. The van der Waals surface area contributed by atoms with E-state index in [9.17, 15) is 4.79 Å². The summed E-state index contributed by atoms with van der Waals surface area (Å²) in [5.74, 6) is 5.53. The molecule has 0 spiro atoms. The Morgan fingerprint density at radius 2 is 1.12 bits per heavy atom. The molecule has 24 heavy (non-hydrogen) atoms. The van der Waals surface area contributed by atoms with Crippen molar-refractivity contribution in [2.24, 2.45) is 29.6 Å². The van der Waals surface area contributed by atoms with E-state index < -0.39 is 0 Å². The van der Waals surface area contributed by atoms with E-state index in [1.54, 1.807) is 0 Å². The lowest BCUT2D eigenvalue weighted by Gasteiger charge is -2.40. The van der Waals surface area contributed by atoms with Gasteiger partial charge in [-0.1, -0.05) is 45.4 Å². The number of hydrogen-bond donors (Lipinski definition) is 0. The van der Waals surface area contributed by atoms with Gasteiger partial charge in [0, 0.05) is 12.8 Å². The Morgan fingerprint density at radius 1 is 0.667 bits per heavy atom. The fourth-order valence-electron chi connectivity index (χ4n) is 6.15. The lowest BCUT2D eigenvalue weighted by Crippen LogP contribution is -2.29. The Labute approximate surface area is 150 Å². The van der Waals surface area contributed by atoms with Crippen molar-refractivity contribution in [3.63, 3.8) is 0 Å². The number of ketones is 1. The molecule has 0 aliphatic heterocycles. The van der Waals surface area contributed by atoms with Crippen LogP contribution in [0, 0.1) is 29.6 Å². The minimum atomic E-state index is 0.524. The highest BCUT2D eigenvalue weighted by atomic mass is 16.1. The lowest BCUT2D eigenvalue weighted by atomic mass is 9.65. The van der Waals surface area contributed by atoms with Gasteiger partial charge < -0.3 is 0 Å². The highest BCUT2D eigenvalue weighted by Gasteiger charge is 2.34. The first kappa shape index (κ1) is 18.5. The van der Waals surface area contributed by atoms with Crippen LogP contribution in [0.5, 0.6) is 0 Å². The first-order chi connectivity index (χ1) is 11.8. The Bertz CT molecular complexity index is 361. The normalized spacial score (nSPS) is 36.0. The second-order valence-corrected chi connectivity index (χ2v) is 9.33.